The van der Waals surface area contributed by atoms with Gasteiger partial charge in [0.15, 0.2) is 6.10 Å². The van der Waals surface area contributed by atoms with Crippen molar-refractivity contribution in [2.75, 3.05) is 13.2 Å². The topological polar surface area (TPSA) is 78.9 Å². The summed E-state index contributed by atoms with van der Waals surface area (Å²) in [7, 11) is 0. The number of carbonyl (C=O) groups is 3. The van der Waals surface area contributed by atoms with E-state index in [-0.39, 0.29) is 31.1 Å². The van der Waals surface area contributed by atoms with Crippen LogP contribution < -0.4 is 0 Å². The number of ether oxygens (including phenoxy) is 3. The van der Waals surface area contributed by atoms with Gasteiger partial charge in [-0.3, -0.25) is 14.4 Å². The molecule has 0 spiro atoms. The third-order valence-electron chi connectivity index (χ3n) is 10.7. The Kier molecular flexibility index (Phi) is 50.0. The molecule has 0 saturated carbocycles. The van der Waals surface area contributed by atoms with E-state index in [0.717, 1.165) is 141 Å². The van der Waals surface area contributed by atoms with Crippen LogP contribution in [0, 0.1) is 0 Å². The second-order valence-electron chi connectivity index (χ2n) is 17.1. The number of rotatable bonds is 46. The van der Waals surface area contributed by atoms with Gasteiger partial charge in [-0.2, -0.15) is 0 Å². The Bertz CT molecular complexity index is 1420. The van der Waals surface area contributed by atoms with Crippen molar-refractivity contribution in [2.24, 2.45) is 0 Å². The highest BCUT2D eigenvalue weighted by Gasteiger charge is 2.19. The first kappa shape index (κ1) is 61.8. The summed E-state index contributed by atoms with van der Waals surface area (Å²) in [5, 5.41) is 0. The molecule has 66 heavy (non-hydrogen) atoms. The smallest absolute Gasteiger partial charge is 0.306 e. The van der Waals surface area contributed by atoms with E-state index >= 15 is 0 Å². The van der Waals surface area contributed by atoms with E-state index in [1.165, 1.54) is 32.1 Å². The van der Waals surface area contributed by atoms with Gasteiger partial charge in [0.05, 0.1) is 0 Å². The lowest BCUT2D eigenvalue weighted by Crippen LogP contribution is -2.30. The van der Waals surface area contributed by atoms with Crippen LogP contribution >= 0.6 is 0 Å². The summed E-state index contributed by atoms with van der Waals surface area (Å²) in [6.45, 7) is 6.35. The van der Waals surface area contributed by atoms with Crippen molar-refractivity contribution in [1.29, 1.82) is 0 Å². The summed E-state index contributed by atoms with van der Waals surface area (Å²) in [4.78, 5) is 37.7. The standard InChI is InChI=1S/C60H96O6/c1-4-7-10-13-15-17-19-21-23-25-26-27-28-29-30-31-32-33-34-35-37-38-40-42-44-47-50-53-59(62)65-56-57(55-64-58(61)52-49-46-12-9-6-3)66-60(63)54-51-48-45-43-41-39-36-24-22-20-18-16-14-11-8-5-2/h7,10,15,17-18,20-21,23-24,26-27,29-30,32-33,35-37,40,42,57H,4-6,8-9,11-14,16,19,22,25,28,31,34,38-39,41,43-56H2,1-3H3/b10-7-,17-15-,20-18-,23-21-,27-26-,30-29-,33-32-,36-24-,37-35-,42-40-. The molecule has 372 valence electrons. The summed E-state index contributed by atoms with van der Waals surface area (Å²) in [5.74, 6) is -0.983. The maximum atomic E-state index is 12.7. The Morgan fingerprint density at radius 3 is 0.970 bits per heavy atom. The lowest BCUT2D eigenvalue weighted by atomic mass is 10.1. The van der Waals surface area contributed by atoms with E-state index in [4.69, 9.17) is 14.2 Å². The molecule has 0 N–H and O–H groups in total. The number of allylic oxidation sites excluding steroid dienone is 20. The molecule has 1 unspecified atom stereocenters. The van der Waals surface area contributed by atoms with Crippen molar-refractivity contribution < 1.29 is 28.6 Å². The van der Waals surface area contributed by atoms with Crippen molar-refractivity contribution >= 4 is 17.9 Å². The molecule has 0 aliphatic heterocycles. The Morgan fingerprint density at radius 1 is 0.318 bits per heavy atom. The SMILES string of the molecule is CC/C=C\C/C=C\C/C=C\C/C=C\C/C=C\C/C=C\C/C=C\C/C=C\CCCCC(=O)OCC(COC(=O)CCCCCCC)OC(=O)CCCCCCC/C=C\C/C=C\CCCCCC. The van der Waals surface area contributed by atoms with Crippen molar-refractivity contribution in [3.63, 3.8) is 0 Å². The molecule has 0 aliphatic carbocycles. The molecule has 0 fully saturated rings. The summed E-state index contributed by atoms with van der Waals surface area (Å²) >= 11 is 0. The first-order valence-corrected chi connectivity index (χ1v) is 26.5. The number of hydrogen-bond acceptors (Lipinski definition) is 6. The van der Waals surface area contributed by atoms with Crippen molar-refractivity contribution in [3.8, 4) is 0 Å². The molecule has 6 nitrogen and oxygen atoms in total. The van der Waals surface area contributed by atoms with Gasteiger partial charge in [0.1, 0.15) is 13.2 Å². The second kappa shape index (κ2) is 53.4. The van der Waals surface area contributed by atoms with E-state index in [9.17, 15) is 14.4 Å². The predicted octanol–water partition coefficient (Wildman–Crippen LogP) is 17.7. The fraction of sp³-hybridized carbons (Fsp3) is 0.617. The van der Waals surface area contributed by atoms with Crippen molar-refractivity contribution in [1.82, 2.24) is 0 Å². The van der Waals surface area contributed by atoms with Gasteiger partial charge in [0.25, 0.3) is 0 Å². The largest absolute Gasteiger partial charge is 0.462 e. The minimum atomic E-state index is -0.802. The van der Waals surface area contributed by atoms with Crippen LogP contribution in [0.4, 0.5) is 0 Å². The summed E-state index contributed by atoms with van der Waals surface area (Å²) in [5.41, 5.74) is 0. The molecular formula is C60H96O6. The van der Waals surface area contributed by atoms with Crippen molar-refractivity contribution in [2.45, 2.75) is 226 Å². The Morgan fingerprint density at radius 2 is 0.591 bits per heavy atom. The molecule has 0 saturated heterocycles. The molecule has 0 bridgehead atoms. The third kappa shape index (κ3) is 50.8. The summed E-state index contributed by atoms with van der Waals surface area (Å²) < 4.78 is 16.6. The molecule has 0 radical (unpaired) electrons. The average molecular weight is 913 g/mol. The first-order valence-electron chi connectivity index (χ1n) is 26.5. The highest BCUT2D eigenvalue weighted by atomic mass is 16.6. The lowest BCUT2D eigenvalue weighted by molar-refractivity contribution is -0.167. The van der Waals surface area contributed by atoms with Gasteiger partial charge in [0.2, 0.25) is 0 Å². The fourth-order valence-electron chi connectivity index (χ4n) is 6.72. The average Bonchev–Trinajstić information content (AvgIpc) is 3.31. The van der Waals surface area contributed by atoms with Crippen LogP contribution in [-0.2, 0) is 28.6 Å². The van der Waals surface area contributed by atoms with Gasteiger partial charge in [-0.15, -0.1) is 0 Å². The molecule has 0 aromatic rings. The van der Waals surface area contributed by atoms with Crippen LogP contribution in [0.25, 0.3) is 0 Å². The first-order chi connectivity index (χ1) is 32.5. The summed E-state index contributed by atoms with van der Waals surface area (Å²) in [6.07, 6.45) is 73.7. The van der Waals surface area contributed by atoms with E-state index in [1.807, 2.05) is 0 Å². The molecule has 1 atom stereocenters. The monoisotopic (exact) mass is 913 g/mol. The molecule has 0 amide bonds. The van der Waals surface area contributed by atoms with Crippen LogP contribution in [0.5, 0.6) is 0 Å². The predicted molar refractivity (Wildman–Crippen MR) is 283 cm³/mol. The van der Waals surface area contributed by atoms with E-state index in [2.05, 4.69) is 142 Å². The van der Waals surface area contributed by atoms with Crippen molar-refractivity contribution in [3.05, 3.63) is 122 Å². The van der Waals surface area contributed by atoms with E-state index in [1.54, 1.807) is 0 Å². The molecule has 0 aliphatic rings. The summed E-state index contributed by atoms with van der Waals surface area (Å²) in [6, 6.07) is 0. The Balaban J connectivity index is 4.27. The van der Waals surface area contributed by atoms with Gasteiger partial charge in [-0.1, -0.05) is 206 Å². The Labute approximate surface area is 405 Å². The van der Waals surface area contributed by atoms with Gasteiger partial charge < -0.3 is 14.2 Å². The molecule has 0 aromatic carbocycles. The number of hydrogen-bond donors (Lipinski definition) is 0. The highest BCUT2D eigenvalue weighted by molar-refractivity contribution is 5.71. The zero-order chi connectivity index (χ0) is 47.9. The molecule has 0 heterocycles. The van der Waals surface area contributed by atoms with Crippen LogP contribution in [0.15, 0.2) is 122 Å². The van der Waals surface area contributed by atoms with Gasteiger partial charge in [0, 0.05) is 19.3 Å². The minimum absolute atomic E-state index is 0.101. The van der Waals surface area contributed by atoms with Gasteiger partial charge in [-0.05, 0) is 116 Å². The third-order valence-corrected chi connectivity index (χ3v) is 10.7. The minimum Gasteiger partial charge on any atom is -0.462 e. The molecule has 0 aromatic heterocycles. The van der Waals surface area contributed by atoms with Gasteiger partial charge in [-0.25, -0.2) is 0 Å². The van der Waals surface area contributed by atoms with Gasteiger partial charge >= 0.3 is 17.9 Å². The molecule has 6 heteroatoms. The Hall–Kier alpha value is -4.19. The maximum absolute atomic E-state index is 12.7. The number of carbonyl (C=O) groups excluding carboxylic acids is 3. The van der Waals surface area contributed by atoms with Crippen LogP contribution in [0.2, 0.25) is 0 Å². The van der Waals surface area contributed by atoms with E-state index < -0.39 is 6.10 Å². The zero-order valence-corrected chi connectivity index (χ0v) is 42.4. The highest BCUT2D eigenvalue weighted by Crippen LogP contribution is 2.12. The number of esters is 3. The van der Waals surface area contributed by atoms with Crippen LogP contribution in [0.3, 0.4) is 0 Å². The lowest BCUT2D eigenvalue weighted by Gasteiger charge is -2.18. The zero-order valence-electron chi connectivity index (χ0n) is 42.4. The quantitative estimate of drug-likeness (QED) is 0.0262. The fourth-order valence-corrected chi connectivity index (χ4v) is 6.72. The van der Waals surface area contributed by atoms with Crippen LogP contribution in [-0.4, -0.2) is 37.2 Å². The molecule has 0 rings (SSSR count). The molecular weight excluding hydrogens is 817 g/mol. The van der Waals surface area contributed by atoms with Crippen LogP contribution in [0.1, 0.15) is 220 Å². The maximum Gasteiger partial charge on any atom is 0.306 e. The second-order valence-corrected chi connectivity index (χ2v) is 17.1. The number of unbranched alkanes of at least 4 members (excludes halogenated alkanes) is 15. The van der Waals surface area contributed by atoms with E-state index in [0.29, 0.717) is 25.7 Å². The normalized spacial score (nSPS) is 13.1.